The van der Waals surface area contributed by atoms with Crippen LogP contribution in [-0.4, -0.2) is 53.5 Å². The highest BCUT2D eigenvalue weighted by Gasteiger charge is 2.38. The summed E-state index contributed by atoms with van der Waals surface area (Å²) in [6, 6.07) is 6.33. The van der Waals surface area contributed by atoms with E-state index in [4.69, 9.17) is 10.2 Å². The Kier molecular flexibility index (Phi) is 5.52. The van der Waals surface area contributed by atoms with Gasteiger partial charge in [-0.1, -0.05) is 18.2 Å². The molecule has 1 atom stereocenters. The molecule has 0 aliphatic heterocycles. The van der Waals surface area contributed by atoms with Crippen LogP contribution in [0.25, 0.3) is 0 Å². The van der Waals surface area contributed by atoms with Gasteiger partial charge in [-0.3, -0.25) is 0 Å². The van der Waals surface area contributed by atoms with Crippen molar-refractivity contribution < 1.29 is 28.2 Å². The maximum Gasteiger partial charge on any atom is 0.415 e. The Labute approximate surface area is 114 Å². The van der Waals surface area contributed by atoms with E-state index in [2.05, 4.69) is 0 Å². The van der Waals surface area contributed by atoms with Crippen LogP contribution in [0.4, 0.5) is 13.2 Å². The molecule has 0 heterocycles. The van der Waals surface area contributed by atoms with E-state index in [1.807, 2.05) is 0 Å². The van der Waals surface area contributed by atoms with E-state index in [0.29, 0.717) is 12.0 Å². The summed E-state index contributed by atoms with van der Waals surface area (Å²) in [5, 5.41) is 17.9. The average Bonchev–Trinajstić information content (AvgIpc) is 2.35. The van der Waals surface area contributed by atoms with Crippen LogP contribution in [0.1, 0.15) is 15.9 Å². The Morgan fingerprint density at radius 3 is 2.50 bits per heavy atom. The lowest BCUT2D eigenvalue weighted by atomic mass is 10.0. The van der Waals surface area contributed by atoms with Crippen molar-refractivity contribution in [2.24, 2.45) is 0 Å². The molecule has 2 N–H and O–H groups in total. The van der Waals surface area contributed by atoms with Crippen LogP contribution in [0, 0.1) is 0 Å². The van der Waals surface area contributed by atoms with Crippen molar-refractivity contribution in [3.05, 3.63) is 35.4 Å². The molecule has 0 aliphatic carbocycles. The fourth-order valence-electron chi connectivity index (χ4n) is 1.75. The monoisotopic (exact) mass is 291 g/mol. The average molecular weight is 291 g/mol. The summed E-state index contributed by atoms with van der Waals surface area (Å²) in [6.45, 7) is -0.323. The molecule has 1 aromatic carbocycles. The predicted octanol–water partition coefficient (Wildman–Crippen LogP) is 1.78. The van der Waals surface area contributed by atoms with Crippen LogP contribution in [0.3, 0.4) is 0 Å². The lowest BCUT2D eigenvalue weighted by Gasteiger charge is -2.22. The molecule has 1 unspecified atom stereocenters. The van der Waals surface area contributed by atoms with E-state index in [-0.39, 0.29) is 12.1 Å². The zero-order valence-corrected chi connectivity index (χ0v) is 10.9. The molecule has 112 valence electrons. The molecule has 0 fully saturated rings. The van der Waals surface area contributed by atoms with Gasteiger partial charge >= 0.3 is 12.1 Å². The van der Waals surface area contributed by atoms with Gasteiger partial charge in [0.25, 0.3) is 0 Å². The standard InChI is InChI=1S/C13H16F3NO3/c1-17(8-11(18)13(14,15)16)7-6-9-4-2-3-5-10(9)12(19)20/h2-5,11,18H,6-8H2,1H3,(H,19,20). The summed E-state index contributed by atoms with van der Waals surface area (Å²) in [6.07, 6.45) is -6.75. The number of carboxylic acid groups (broad SMARTS) is 1. The largest absolute Gasteiger partial charge is 0.478 e. The van der Waals surface area contributed by atoms with Crippen molar-refractivity contribution in [1.29, 1.82) is 0 Å². The minimum absolute atomic E-state index is 0.136. The molecule has 0 radical (unpaired) electrons. The Hall–Kier alpha value is -1.60. The fourth-order valence-corrected chi connectivity index (χ4v) is 1.75. The van der Waals surface area contributed by atoms with Crippen molar-refractivity contribution in [3.8, 4) is 0 Å². The number of aromatic carboxylic acids is 1. The second-order valence-electron chi connectivity index (χ2n) is 4.53. The number of benzene rings is 1. The number of halogens is 3. The number of rotatable bonds is 6. The van der Waals surface area contributed by atoms with Crippen molar-refractivity contribution in [1.82, 2.24) is 4.90 Å². The van der Waals surface area contributed by atoms with Crippen LogP contribution < -0.4 is 0 Å². The number of carboxylic acids is 1. The molecule has 4 nitrogen and oxygen atoms in total. The molecule has 1 aromatic rings. The van der Waals surface area contributed by atoms with Gasteiger partial charge in [0.05, 0.1) is 5.56 Å². The van der Waals surface area contributed by atoms with E-state index >= 15 is 0 Å². The minimum Gasteiger partial charge on any atom is -0.478 e. The molecule has 0 aromatic heterocycles. The number of nitrogens with zero attached hydrogens (tertiary/aromatic N) is 1. The second-order valence-corrected chi connectivity index (χ2v) is 4.53. The predicted molar refractivity (Wildman–Crippen MR) is 66.7 cm³/mol. The smallest absolute Gasteiger partial charge is 0.415 e. The second kappa shape index (κ2) is 6.71. The third-order valence-corrected chi connectivity index (χ3v) is 2.87. The summed E-state index contributed by atoms with van der Waals surface area (Å²) in [4.78, 5) is 12.3. The lowest BCUT2D eigenvalue weighted by molar-refractivity contribution is -0.207. The molecule has 0 saturated heterocycles. The first-order chi connectivity index (χ1) is 9.21. The van der Waals surface area contributed by atoms with Crippen LogP contribution in [0.2, 0.25) is 0 Å². The SMILES string of the molecule is CN(CCc1ccccc1C(=O)O)CC(O)C(F)(F)F. The molecule has 7 heteroatoms. The third kappa shape index (κ3) is 4.82. The molecule has 0 saturated carbocycles. The van der Waals surface area contributed by atoms with Gasteiger partial charge in [-0.15, -0.1) is 0 Å². The molecular formula is C13H16F3NO3. The van der Waals surface area contributed by atoms with E-state index < -0.39 is 24.8 Å². The fraction of sp³-hybridized carbons (Fsp3) is 0.462. The molecule has 0 spiro atoms. The van der Waals surface area contributed by atoms with Crippen LogP contribution in [0.15, 0.2) is 24.3 Å². The van der Waals surface area contributed by atoms with Crippen LogP contribution in [0.5, 0.6) is 0 Å². The Morgan fingerprint density at radius 2 is 1.95 bits per heavy atom. The van der Waals surface area contributed by atoms with Gasteiger partial charge in [0, 0.05) is 13.1 Å². The summed E-state index contributed by atoms with van der Waals surface area (Å²) in [5.74, 6) is -1.07. The maximum atomic E-state index is 12.2. The molecule has 0 amide bonds. The molecule has 20 heavy (non-hydrogen) atoms. The van der Waals surface area contributed by atoms with Gasteiger partial charge in [-0.2, -0.15) is 13.2 Å². The van der Waals surface area contributed by atoms with Gasteiger partial charge in [0.1, 0.15) is 0 Å². The number of hydrogen-bond acceptors (Lipinski definition) is 3. The maximum absolute atomic E-state index is 12.2. The van der Waals surface area contributed by atoms with E-state index in [1.54, 1.807) is 18.2 Å². The molecular weight excluding hydrogens is 275 g/mol. The lowest BCUT2D eigenvalue weighted by Crippen LogP contribution is -2.40. The van der Waals surface area contributed by atoms with E-state index in [1.165, 1.54) is 18.0 Å². The van der Waals surface area contributed by atoms with Gasteiger partial charge in [0.2, 0.25) is 0 Å². The number of hydrogen-bond donors (Lipinski definition) is 2. The number of aliphatic hydroxyl groups excluding tert-OH is 1. The number of likely N-dealkylation sites (N-methyl/N-ethyl adjacent to an activating group) is 1. The Morgan fingerprint density at radius 1 is 1.35 bits per heavy atom. The first kappa shape index (κ1) is 16.5. The summed E-state index contributed by atoms with van der Waals surface area (Å²) in [5.41, 5.74) is 0.686. The van der Waals surface area contributed by atoms with E-state index in [9.17, 15) is 18.0 Å². The normalized spacial score (nSPS) is 13.5. The Balaban J connectivity index is 2.58. The van der Waals surface area contributed by atoms with E-state index in [0.717, 1.165) is 0 Å². The summed E-state index contributed by atoms with van der Waals surface area (Å²) in [7, 11) is 1.44. The summed E-state index contributed by atoms with van der Waals surface area (Å²) < 4.78 is 36.6. The Bertz CT molecular complexity index is 462. The number of carbonyl (C=O) groups is 1. The zero-order chi connectivity index (χ0) is 15.3. The highest BCUT2D eigenvalue weighted by molar-refractivity contribution is 5.89. The topological polar surface area (TPSA) is 60.8 Å². The van der Waals surface area contributed by atoms with Crippen molar-refractivity contribution >= 4 is 5.97 Å². The number of alkyl halides is 3. The van der Waals surface area contributed by atoms with Crippen molar-refractivity contribution in [2.45, 2.75) is 18.7 Å². The highest BCUT2D eigenvalue weighted by Crippen LogP contribution is 2.20. The van der Waals surface area contributed by atoms with Gasteiger partial charge in [0.15, 0.2) is 6.10 Å². The molecule has 0 bridgehead atoms. The molecule has 0 aliphatic rings. The van der Waals surface area contributed by atoms with Crippen molar-refractivity contribution in [3.63, 3.8) is 0 Å². The van der Waals surface area contributed by atoms with Crippen LogP contribution in [-0.2, 0) is 6.42 Å². The minimum atomic E-state index is -4.65. The highest BCUT2D eigenvalue weighted by atomic mass is 19.4. The first-order valence-corrected chi connectivity index (χ1v) is 5.96. The summed E-state index contributed by atoms with van der Waals surface area (Å²) >= 11 is 0. The number of aliphatic hydroxyl groups is 1. The van der Waals surface area contributed by atoms with Crippen LogP contribution >= 0.6 is 0 Å². The zero-order valence-electron chi connectivity index (χ0n) is 10.9. The molecule has 1 rings (SSSR count). The van der Waals surface area contributed by atoms with Gasteiger partial charge in [-0.05, 0) is 25.1 Å². The first-order valence-electron chi connectivity index (χ1n) is 5.96. The third-order valence-electron chi connectivity index (χ3n) is 2.87. The van der Waals surface area contributed by atoms with Gasteiger partial charge in [-0.25, -0.2) is 4.79 Å². The quantitative estimate of drug-likeness (QED) is 0.839. The van der Waals surface area contributed by atoms with Gasteiger partial charge < -0.3 is 15.1 Å². The van der Waals surface area contributed by atoms with Crippen molar-refractivity contribution in [2.75, 3.05) is 20.1 Å².